The van der Waals surface area contributed by atoms with E-state index in [2.05, 4.69) is 0 Å². The van der Waals surface area contributed by atoms with Crippen molar-refractivity contribution in [2.75, 3.05) is 13.7 Å². The zero-order chi connectivity index (χ0) is 16.4. The molecule has 3 rings (SSSR count). The van der Waals surface area contributed by atoms with Crippen LogP contribution in [0.1, 0.15) is 45.6 Å². The van der Waals surface area contributed by atoms with E-state index in [1.807, 2.05) is 24.3 Å². The fourth-order valence-electron chi connectivity index (χ4n) is 2.89. The van der Waals surface area contributed by atoms with E-state index < -0.39 is 5.97 Å². The molecule has 1 unspecified atom stereocenters. The number of carbonyl (C=O) groups is 2. The molecule has 1 aromatic heterocycles. The van der Waals surface area contributed by atoms with E-state index in [4.69, 9.17) is 14.3 Å². The van der Waals surface area contributed by atoms with E-state index in [0.29, 0.717) is 6.54 Å². The Hall–Kier alpha value is -2.76. The van der Waals surface area contributed by atoms with Gasteiger partial charge in [-0.05, 0) is 42.7 Å². The van der Waals surface area contributed by atoms with Crippen LogP contribution in [0.5, 0.6) is 5.75 Å². The molecule has 120 valence electrons. The summed E-state index contributed by atoms with van der Waals surface area (Å²) in [4.78, 5) is 25.2. The fourth-order valence-corrected chi connectivity index (χ4v) is 2.89. The molecule has 1 N–H and O–H groups in total. The van der Waals surface area contributed by atoms with Crippen molar-refractivity contribution in [3.8, 4) is 5.75 Å². The minimum absolute atomic E-state index is 0.0354. The highest BCUT2D eigenvalue weighted by Gasteiger charge is 2.32. The van der Waals surface area contributed by atoms with Crippen LogP contribution in [0.4, 0.5) is 0 Å². The molecule has 2 aromatic rings. The molecule has 0 saturated carbocycles. The average Bonchev–Trinajstić information content (AvgIpc) is 3.23. The molecule has 6 heteroatoms. The number of hydrogen-bond donors (Lipinski definition) is 1. The molecular weight excluding hydrogens is 298 g/mol. The summed E-state index contributed by atoms with van der Waals surface area (Å²) >= 11 is 0. The van der Waals surface area contributed by atoms with Gasteiger partial charge in [-0.15, -0.1) is 0 Å². The molecule has 0 aliphatic carbocycles. The van der Waals surface area contributed by atoms with Crippen LogP contribution < -0.4 is 4.74 Å². The zero-order valence-electron chi connectivity index (χ0n) is 12.7. The quantitative estimate of drug-likeness (QED) is 0.938. The Labute approximate surface area is 133 Å². The largest absolute Gasteiger partial charge is 0.497 e. The molecule has 0 radical (unpaired) electrons. The first-order valence-corrected chi connectivity index (χ1v) is 7.38. The molecule has 1 atom stereocenters. The number of carboxylic acids is 1. The highest BCUT2D eigenvalue weighted by atomic mass is 16.5. The molecule has 1 fully saturated rings. The van der Waals surface area contributed by atoms with E-state index in [9.17, 15) is 9.59 Å². The Kier molecular flexibility index (Phi) is 4.06. The van der Waals surface area contributed by atoms with Crippen LogP contribution in [0.15, 0.2) is 40.8 Å². The van der Waals surface area contributed by atoms with Gasteiger partial charge in [-0.2, -0.15) is 0 Å². The number of benzene rings is 1. The van der Waals surface area contributed by atoms with Crippen LogP contribution in [-0.2, 0) is 0 Å². The molecule has 0 spiro atoms. The van der Waals surface area contributed by atoms with Crippen LogP contribution in [0.2, 0.25) is 0 Å². The van der Waals surface area contributed by atoms with E-state index in [0.717, 1.165) is 24.2 Å². The summed E-state index contributed by atoms with van der Waals surface area (Å²) in [5, 5.41) is 8.89. The number of nitrogens with zero attached hydrogens (tertiary/aromatic N) is 1. The van der Waals surface area contributed by atoms with Gasteiger partial charge in [0.15, 0.2) is 5.76 Å². The molecule has 1 aliphatic heterocycles. The Balaban J connectivity index is 1.82. The number of ether oxygens (including phenoxy) is 1. The van der Waals surface area contributed by atoms with Crippen molar-refractivity contribution in [3.63, 3.8) is 0 Å². The second-order valence-corrected chi connectivity index (χ2v) is 5.40. The number of methoxy groups -OCH3 is 1. The summed E-state index contributed by atoms with van der Waals surface area (Å²) in [6, 6.07) is 10.3. The smallest absolute Gasteiger partial charge is 0.371 e. The molecule has 1 amide bonds. The zero-order valence-corrected chi connectivity index (χ0v) is 12.7. The topological polar surface area (TPSA) is 80.0 Å². The summed E-state index contributed by atoms with van der Waals surface area (Å²) in [6.45, 7) is 0.624. The average molecular weight is 315 g/mol. The van der Waals surface area contributed by atoms with Crippen LogP contribution in [-0.4, -0.2) is 35.5 Å². The molecule has 6 nitrogen and oxygen atoms in total. The van der Waals surface area contributed by atoms with Gasteiger partial charge in [0, 0.05) is 6.54 Å². The summed E-state index contributed by atoms with van der Waals surface area (Å²) in [5.74, 6) is -0.869. The van der Waals surface area contributed by atoms with Gasteiger partial charge in [0.05, 0.1) is 13.2 Å². The van der Waals surface area contributed by atoms with Gasteiger partial charge in [0.1, 0.15) is 5.75 Å². The van der Waals surface area contributed by atoms with Gasteiger partial charge in [-0.1, -0.05) is 12.1 Å². The Bertz CT molecular complexity index is 719. The van der Waals surface area contributed by atoms with Gasteiger partial charge in [-0.3, -0.25) is 4.79 Å². The number of likely N-dealkylation sites (tertiary alicyclic amines) is 1. The van der Waals surface area contributed by atoms with E-state index >= 15 is 0 Å². The monoisotopic (exact) mass is 315 g/mol. The number of carboxylic acid groups (broad SMARTS) is 1. The molecule has 0 bridgehead atoms. The van der Waals surface area contributed by atoms with Crippen molar-refractivity contribution < 1.29 is 23.8 Å². The van der Waals surface area contributed by atoms with Gasteiger partial charge in [-0.25, -0.2) is 4.79 Å². The van der Waals surface area contributed by atoms with Crippen LogP contribution in [0, 0.1) is 0 Å². The lowest BCUT2D eigenvalue weighted by Crippen LogP contribution is -2.30. The van der Waals surface area contributed by atoms with Crippen LogP contribution in [0.25, 0.3) is 0 Å². The van der Waals surface area contributed by atoms with Crippen molar-refractivity contribution >= 4 is 11.9 Å². The number of carbonyl (C=O) groups excluding carboxylic acids is 1. The van der Waals surface area contributed by atoms with Crippen molar-refractivity contribution in [1.82, 2.24) is 4.90 Å². The fraction of sp³-hybridized carbons (Fsp3) is 0.294. The lowest BCUT2D eigenvalue weighted by atomic mass is 10.0. The first-order valence-electron chi connectivity index (χ1n) is 7.38. The minimum atomic E-state index is -1.18. The SMILES string of the molecule is COc1ccc(C2CCCN2C(=O)c2ccc(C(=O)O)o2)cc1. The minimum Gasteiger partial charge on any atom is -0.497 e. The molecular formula is C17H17NO5. The van der Waals surface area contributed by atoms with Crippen LogP contribution >= 0.6 is 0 Å². The van der Waals surface area contributed by atoms with Gasteiger partial charge in [0.2, 0.25) is 5.76 Å². The Morgan fingerprint density at radius 3 is 2.48 bits per heavy atom. The lowest BCUT2D eigenvalue weighted by Gasteiger charge is -2.24. The number of aromatic carboxylic acids is 1. The molecule has 1 aliphatic rings. The van der Waals surface area contributed by atoms with Crippen molar-refractivity contribution in [3.05, 3.63) is 53.5 Å². The summed E-state index contributed by atoms with van der Waals surface area (Å²) in [6.07, 6.45) is 1.76. The van der Waals surface area contributed by atoms with E-state index in [1.165, 1.54) is 12.1 Å². The normalized spacial score (nSPS) is 17.3. The highest BCUT2D eigenvalue weighted by molar-refractivity contribution is 5.94. The first kappa shape index (κ1) is 15.1. The Morgan fingerprint density at radius 2 is 1.87 bits per heavy atom. The standard InChI is InChI=1S/C17H17NO5/c1-22-12-6-4-11(5-7-12)13-3-2-10-18(13)16(19)14-8-9-15(23-14)17(20)21/h4-9,13H,2-3,10H2,1H3,(H,20,21). The predicted octanol–water partition coefficient (Wildman–Crippen LogP) is 2.96. The number of rotatable bonds is 4. The van der Waals surface area contributed by atoms with Crippen LogP contribution in [0.3, 0.4) is 0 Å². The highest BCUT2D eigenvalue weighted by Crippen LogP contribution is 2.34. The molecule has 1 aromatic carbocycles. The lowest BCUT2D eigenvalue weighted by molar-refractivity contribution is 0.0645. The second kappa shape index (κ2) is 6.16. The summed E-state index contributed by atoms with van der Waals surface area (Å²) in [5.41, 5.74) is 1.03. The van der Waals surface area contributed by atoms with E-state index in [-0.39, 0.29) is 23.5 Å². The van der Waals surface area contributed by atoms with Gasteiger partial charge in [0.25, 0.3) is 5.91 Å². The van der Waals surface area contributed by atoms with Gasteiger partial charge < -0.3 is 19.2 Å². The molecule has 23 heavy (non-hydrogen) atoms. The summed E-state index contributed by atoms with van der Waals surface area (Å²) < 4.78 is 10.3. The maximum Gasteiger partial charge on any atom is 0.371 e. The third-order valence-electron chi connectivity index (χ3n) is 4.04. The predicted molar refractivity (Wildman–Crippen MR) is 81.7 cm³/mol. The van der Waals surface area contributed by atoms with Crippen molar-refractivity contribution in [2.45, 2.75) is 18.9 Å². The third-order valence-corrected chi connectivity index (χ3v) is 4.04. The second-order valence-electron chi connectivity index (χ2n) is 5.40. The number of amides is 1. The molecule has 2 heterocycles. The van der Waals surface area contributed by atoms with Crippen molar-refractivity contribution in [2.24, 2.45) is 0 Å². The summed E-state index contributed by atoms with van der Waals surface area (Å²) in [7, 11) is 1.61. The maximum atomic E-state index is 12.6. The van der Waals surface area contributed by atoms with Crippen molar-refractivity contribution in [1.29, 1.82) is 0 Å². The number of hydrogen-bond acceptors (Lipinski definition) is 4. The van der Waals surface area contributed by atoms with E-state index in [1.54, 1.807) is 12.0 Å². The first-order chi connectivity index (χ1) is 11.1. The third kappa shape index (κ3) is 2.92. The Morgan fingerprint density at radius 1 is 1.17 bits per heavy atom. The molecule has 1 saturated heterocycles. The maximum absolute atomic E-state index is 12.6. The number of furan rings is 1. The van der Waals surface area contributed by atoms with Gasteiger partial charge >= 0.3 is 5.97 Å².